The molecular weight excluding hydrogens is 234 g/mol. The zero-order valence-electron chi connectivity index (χ0n) is 9.27. The van der Waals surface area contributed by atoms with Crippen LogP contribution in [-0.4, -0.2) is 7.11 Å². The lowest BCUT2D eigenvalue weighted by atomic mass is 10.0. The third-order valence-electron chi connectivity index (χ3n) is 2.48. The first kappa shape index (κ1) is 11.5. The molecule has 0 aliphatic carbocycles. The molecule has 0 aliphatic heterocycles. The summed E-state index contributed by atoms with van der Waals surface area (Å²) in [4.78, 5) is 0. The molecule has 0 spiro atoms. The first-order valence-corrected chi connectivity index (χ1v) is 5.46. The number of rotatable bonds is 2. The van der Waals surface area contributed by atoms with Crippen LogP contribution >= 0.6 is 11.6 Å². The molecule has 0 aliphatic rings. The van der Waals surface area contributed by atoms with Gasteiger partial charge in [0.25, 0.3) is 0 Å². The van der Waals surface area contributed by atoms with Gasteiger partial charge < -0.3 is 4.74 Å². The van der Waals surface area contributed by atoms with E-state index in [1.165, 1.54) is 0 Å². The summed E-state index contributed by atoms with van der Waals surface area (Å²) in [7, 11) is 1.62. The van der Waals surface area contributed by atoms with Crippen LogP contribution in [0.25, 0.3) is 11.1 Å². The molecule has 2 rings (SSSR count). The highest BCUT2D eigenvalue weighted by Gasteiger charge is 2.05. The monoisotopic (exact) mass is 243 g/mol. The van der Waals surface area contributed by atoms with Crippen molar-refractivity contribution in [2.75, 3.05) is 7.11 Å². The summed E-state index contributed by atoms with van der Waals surface area (Å²) < 4.78 is 5.17. The maximum atomic E-state index is 8.78. The molecule has 0 bridgehead atoms. The Morgan fingerprint density at radius 2 is 2.00 bits per heavy atom. The Morgan fingerprint density at radius 3 is 2.65 bits per heavy atom. The molecule has 84 valence electrons. The van der Waals surface area contributed by atoms with E-state index in [2.05, 4.69) is 6.07 Å². The Balaban J connectivity index is 2.49. The number of nitrogens with zero attached hydrogens (tertiary/aromatic N) is 1. The van der Waals surface area contributed by atoms with E-state index in [1.807, 2.05) is 30.3 Å². The van der Waals surface area contributed by atoms with Crippen molar-refractivity contribution in [3.05, 3.63) is 53.1 Å². The van der Waals surface area contributed by atoms with E-state index in [4.69, 9.17) is 21.6 Å². The molecule has 0 saturated heterocycles. The van der Waals surface area contributed by atoms with Crippen molar-refractivity contribution < 1.29 is 4.74 Å². The second-order valence-electron chi connectivity index (χ2n) is 3.54. The molecule has 0 heterocycles. The van der Waals surface area contributed by atoms with Crippen molar-refractivity contribution in [1.82, 2.24) is 0 Å². The lowest BCUT2D eigenvalue weighted by Gasteiger charge is -2.06. The average Bonchev–Trinajstić information content (AvgIpc) is 2.38. The van der Waals surface area contributed by atoms with Crippen LogP contribution in [0.15, 0.2) is 42.5 Å². The molecule has 3 heteroatoms. The summed E-state index contributed by atoms with van der Waals surface area (Å²) in [5.41, 5.74) is 2.42. The van der Waals surface area contributed by atoms with E-state index < -0.39 is 0 Å². The predicted octanol–water partition coefficient (Wildman–Crippen LogP) is 3.89. The van der Waals surface area contributed by atoms with Crippen LogP contribution in [0.4, 0.5) is 0 Å². The van der Waals surface area contributed by atoms with Gasteiger partial charge in [-0.15, -0.1) is 0 Å². The van der Waals surface area contributed by atoms with Gasteiger partial charge in [-0.2, -0.15) is 5.26 Å². The van der Waals surface area contributed by atoms with Crippen molar-refractivity contribution >= 4 is 11.6 Å². The highest BCUT2D eigenvalue weighted by molar-refractivity contribution is 6.33. The minimum absolute atomic E-state index is 0.557. The number of hydrogen-bond acceptors (Lipinski definition) is 2. The van der Waals surface area contributed by atoms with E-state index in [-0.39, 0.29) is 0 Å². The largest absolute Gasteiger partial charge is 0.497 e. The first-order valence-electron chi connectivity index (χ1n) is 5.08. The first-order chi connectivity index (χ1) is 8.24. The average molecular weight is 244 g/mol. The third kappa shape index (κ3) is 2.41. The maximum Gasteiger partial charge on any atom is 0.119 e. The molecule has 0 N–H and O–H groups in total. The topological polar surface area (TPSA) is 33.0 Å². The van der Waals surface area contributed by atoms with E-state index in [0.29, 0.717) is 10.6 Å². The van der Waals surface area contributed by atoms with Crippen LogP contribution in [0.5, 0.6) is 5.75 Å². The Kier molecular flexibility index (Phi) is 3.32. The Morgan fingerprint density at radius 1 is 1.18 bits per heavy atom. The Hall–Kier alpha value is -1.98. The van der Waals surface area contributed by atoms with Crippen LogP contribution < -0.4 is 4.74 Å². The molecule has 0 radical (unpaired) electrons. The van der Waals surface area contributed by atoms with Crippen LogP contribution in [0.1, 0.15) is 5.56 Å². The number of benzene rings is 2. The lowest BCUT2D eigenvalue weighted by molar-refractivity contribution is 0.415. The summed E-state index contributed by atoms with van der Waals surface area (Å²) >= 11 is 6.15. The van der Waals surface area contributed by atoms with E-state index >= 15 is 0 Å². The molecule has 2 aromatic carbocycles. The van der Waals surface area contributed by atoms with E-state index in [9.17, 15) is 0 Å². The fourth-order valence-corrected chi connectivity index (χ4v) is 1.90. The molecule has 2 aromatic rings. The van der Waals surface area contributed by atoms with Crippen LogP contribution in [0.2, 0.25) is 5.02 Å². The van der Waals surface area contributed by atoms with Gasteiger partial charge in [-0.25, -0.2) is 0 Å². The SMILES string of the molecule is COc1cccc(-c2ccc(C#N)cc2Cl)c1. The van der Waals surface area contributed by atoms with Gasteiger partial charge >= 0.3 is 0 Å². The Labute approximate surface area is 105 Å². The minimum atomic E-state index is 0.557. The number of hydrogen-bond donors (Lipinski definition) is 0. The highest BCUT2D eigenvalue weighted by atomic mass is 35.5. The van der Waals surface area contributed by atoms with Crippen molar-refractivity contribution in [2.24, 2.45) is 0 Å². The van der Waals surface area contributed by atoms with Gasteiger partial charge in [0.2, 0.25) is 0 Å². The molecule has 0 amide bonds. The van der Waals surface area contributed by atoms with Crippen LogP contribution in [0.3, 0.4) is 0 Å². The smallest absolute Gasteiger partial charge is 0.119 e. The van der Waals surface area contributed by atoms with Gasteiger partial charge in [0.05, 0.1) is 18.7 Å². The molecule has 0 unspecified atom stereocenters. The number of halogens is 1. The third-order valence-corrected chi connectivity index (χ3v) is 2.79. The van der Waals surface area contributed by atoms with E-state index in [1.54, 1.807) is 19.2 Å². The fraction of sp³-hybridized carbons (Fsp3) is 0.0714. The van der Waals surface area contributed by atoms with Crippen molar-refractivity contribution in [2.45, 2.75) is 0 Å². The van der Waals surface area contributed by atoms with Gasteiger partial charge in [-0.05, 0) is 29.8 Å². The summed E-state index contributed by atoms with van der Waals surface area (Å²) in [6.07, 6.45) is 0. The van der Waals surface area contributed by atoms with Gasteiger partial charge in [-0.3, -0.25) is 0 Å². The summed E-state index contributed by atoms with van der Waals surface area (Å²) in [6.45, 7) is 0. The van der Waals surface area contributed by atoms with Crippen molar-refractivity contribution in [3.63, 3.8) is 0 Å². The molecule has 0 fully saturated rings. The highest BCUT2D eigenvalue weighted by Crippen LogP contribution is 2.30. The summed E-state index contributed by atoms with van der Waals surface area (Å²) in [5.74, 6) is 0.780. The van der Waals surface area contributed by atoms with Gasteiger partial charge in [0.1, 0.15) is 5.75 Å². The second-order valence-corrected chi connectivity index (χ2v) is 3.95. The summed E-state index contributed by atoms with van der Waals surface area (Å²) in [6, 6.07) is 15.0. The minimum Gasteiger partial charge on any atom is -0.497 e. The molecule has 2 nitrogen and oxygen atoms in total. The maximum absolute atomic E-state index is 8.78. The quantitative estimate of drug-likeness (QED) is 0.802. The fourth-order valence-electron chi connectivity index (χ4n) is 1.61. The molecule has 0 aromatic heterocycles. The summed E-state index contributed by atoms with van der Waals surface area (Å²) in [5, 5.41) is 9.34. The van der Waals surface area contributed by atoms with Gasteiger partial charge in [-0.1, -0.05) is 29.8 Å². The van der Waals surface area contributed by atoms with Crippen LogP contribution in [0, 0.1) is 11.3 Å². The Bertz CT molecular complexity index is 587. The zero-order valence-corrected chi connectivity index (χ0v) is 10.0. The zero-order chi connectivity index (χ0) is 12.3. The number of ether oxygens (including phenoxy) is 1. The van der Waals surface area contributed by atoms with Gasteiger partial charge in [0, 0.05) is 10.6 Å². The van der Waals surface area contributed by atoms with E-state index in [0.717, 1.165) is 16.9 Å². The molecule has 0 saturated carbocycles. The lowest BCUT2D eigenvalue weighted by Crippen LogP contribution is -1.85. The normalized spacial score (nSPS) is 9.71. The second kappa shape index (κ2) is 4.90. The molecular formula is C14H10ClNO. The molecule has 17 heavy (non-hydrogen) atoms. The number of nitriles is 1. The predicted molar refractivity (Wildman–Crippen MR) is 68.2 cm³/mol. The van der Waals surface area contributed by atoms with Crippen molar-refractivity contribution in [3.8, 4) is 22.9 Å². The molecule has 0 atom stereocenters. The number of methoxy groups -OCH3 is 1. The van der Waals surface area contributed by atoms with Crippen molar-refractivity contribution in [1.29, 1.82) is 5.26 Å². The van der Waals surface area contributed by atoms with Crippen LogP contribution in [-0.2, 0) is 0 Å². The standard InChI is InChI=1S/C14H10ClNO/c1-17-12-4-2-3-11(8-12)13-6-5-10(9-16)7-14(13)15/h2-8H,1H3. The van der Waals surface area contributed by atoms with Gasteiger partial charge in [0.15, 0.2) is 0 Å².